The summed E-state index contributed by atoms with van der Waals surface area (Å²) in [5.41, 5.74) is 5.00. The molecule has 3 N–H and O–H groups in total. The molecule has 1 aliphatic heterocycles. The maximum Gasteiger partial charge on any atom is 0.389 e. The molecule has 3 aromatic heterocycles. The summed E-state index contributed by atoms with van der Waals surface area (Å²) in [6, 6.07) is 14.9. The molecule has 0 radical (unpaired) electrons. The number of carbonyl (C=O) groups is 1. The number of pyridine rings is 2. The number of nitrogens with one attached hydrogen (secondary N) is 2. The van der Waals surface area contributed by atoms with E-state index < -0.39 is 31.2 Å². The molecule has 1 amide bonds. The number of anilines is 2. The number of hydrogen-bond donors (Lipinski definition) is 3. The van der Waals surface area contributed by atoms with Crippen molar-refractivity contribution in [1.29, 1.82) is 0 Å². The maximum absolute atomic E-state index is 12.5. The first-order valence-electron chi connectivity index (χ1n) is 13.3. The van der Waals surface area contributed by atoms with Crippen molar-refractivity contribution >= 4 is 28.8 Å². The highest BCUT2D eigenvalue weighted by atomic mass is 19.4. The fourth-order valence-electron chi connectivity index (χ4n) is 4.65. The van der Waals surface area contributed by atoms with E-state index in [-0.39, 0.29) is 6.54 Å². The van der Waals surface area contributed by atoms with Gasteiger partial charge in [0.15, 0.2) is 5.65 Å². The van der Waals surface area contributed by atoms with Crippen LogP contribution >= 0.6 is 0 Å². The number of rotatable bonds is 10. The van der Waals surface area contributed by atoms with E-state index in [9.17, 15) is 23.1 Å². The second-order valence-corrected chi connectivity index (χ2v) is 9.77. The van der Waals surface area contributed by atoms with Crippen molar-refractivity contribution in [2.75, 3.05) is 25.0 Å². The van der Waals surface area contributed by atoms with E-state index in [1.54, 1.807) is 23.1 Å². The van der Waals surface area contributed by atoms with Gasteiger partial charge in [-0.3, -0.25) is 15.1 Å². The Bertz CT molecular complexity index is 1500. The fraction of sp³-hybridized carbons (Fsp3) is 0.310. The van der Waals surface area contributed by atoms with Crippen molar-refractivity contribution in [3.63, 3.8) is 0 Å². The van der Waals surface area contributed by atoms with Gasteiger partial charge in [0.05, 0.1) is 6.42 Å². The zero-order valence-corrected chi connectivity index (χ0v) is 22.2. The third kappa shape index (κ3) is 7.47. The summed E-state index contributed by atoms with van der Waals surface area (Å²) in [7, 11) is 0. The number of aliphatic hydroxyl groups excluding tert-OH is 1. The number of alkyl halides is 3. The minimum Gasteiger partial charge on any atom is -0.374 e. The molecule has 0 saturated carbocycles. The number of aliphatic hydroxyl groups is 1. The van der Waals surface area contributed by atoms with Gasteiger partial charge < -0.3 is 15.3 Å². The molecule has 41 heavy (non-hydrogen) atoms. The van der Waals surface area contributed by atoms with E-state index in [0.717, 1.165) is 34.4 Å². The summed E-state index contributed by atoms with van der Waals surface area (Å²) in [5, 5.41) is 21.3. The van der Waals surface area contributed by atoms with Gasteiger partial charge >= 0.3 is 6.18 Å². The summed E-state index contributed by atoms with van der Waals surface area (Å²) in [6.45, 7) is 1.20. The lowest BCUT2D eigenvalue weighted by Gasteiger charge is -2.27. The normalized spacial score (nSPS) is 14.6. The largest absolute Gasteiger partial charge is 0.389 e. The number of fused-ring (bicyclic) bond motifs is 1. The highest BCUT2D eigenvalue weighted by Gasteiger charge is 2.29. The molecule has 9 nitrogen and oxygen atoms in total. The Morgan fingerprint density at radius 2 is 1.95 bits per heavy atom. The Morgan fingerprint density at radius 1 is 1.12 bits per heavy atom. The molecule has 12 heteroatoms. The number of halogens is 3. The van der Waals surface area contributed by atoms with Gasteiger partial charge in [-0.15, -0.1) is 5.10 Å². The average Bonchev–Trinajstić information content (AvgIpc) is 3.39. The van der Waals surface area contributed by atoms with Crippen LogP contribution in [0, 0.1) is 0 Å². The SMILES string of the molecule is O=C(CCC(F)(F)F)N1CC=C(c2cccn3nc(Nc4ccc(C(O)NCCc5cccnc5)cc4)nc23)CC1. The van der Waals surface area contributed by atoms with Gasteiger partial charge in [-0.2, -0.15) is 18.2 Å². The molecular formula is C29H30F3N7O2. The van der Waals surface area contributed by atoms with Crippen LogP contribution in [0.5, 0.6) is 0 Å². The zero-order chi connectivity index (χ0) is 28.8. The van der Waals surface area contributed by atoms with Crippen LogP contribution in [0.2, 0.25) is 0 Å². The Balaban J connectivity index is 1.19. The highest BCUT2D eigenvalue weighted by molar-refractivity contribution is 5.81. The third-order valence-corrected chi connectivity index (χ3v) is 6.85. The summed E-state index contributed by atoms with van der Waals surface area (Å²) >= 11 is 0. The van der Waals surface area contributed by atoms with Crippen LogP contribution in [0.3, 0.4) is 0 Å². The van der Waals surface area contributed by atoms with Crippen molar-refractivity contribution in [2.45, 2.75) is 38.1 Å². The second kappa shape index (κ2) is 12.5. The van der Waals surface area contributed by atoms with Gasteiger partial charge in [0.25, 0.3) is 0 Å². The molecule has 1 aromatic carbocycles. The van der Waals surface area contributed by atoms with Crippen LogP contribution in [0.15, 0.2) is 73.2 Å². The average molecular weight is 566 g/mol. The van der Waals surface area contributed by atoms with Gasteiger partial charge in [-0.1, -0.05) is 24.3 Å². The number of aromatic nitrogens is 4. The van der Waals surface area contributed by atoms with Gasteiger partial charge in [0, 0.05) is 55.9 Å². The fourth-order valence-corrected chi connectivity index (χ4v) is 4.65. The number of nitrogens with zero attached hydrogens (tertiary/aromatic N) is 5. The molecule has 0 aliphatic carbocycles. The number of benzene rings is 1. The predicted octanol–water partition coefficient (Wildman–Crippen LogP) is 4.65. The van der Waals surface area contributed by atoms with Crippen LogP contribution in [0.4, 0.5) is 24.8 Å². The Kier molecular flexibility index (Phi) is 8.60. The predicted molar refractivity (Wildman–Crippen MR) is 148 cm³/mol. The van der Waals surface area contributed by atoms with Gasteiger partial charge in [-0.25, -0.2) is 4.52 Å². The summed E-state index contributed by atoms with van der Waals surface area (Å²) < 4.78 is 39.1. The van der Waals surface area contributed by atoms with Crippen molar-refractivity contribution in [3.05, 3.63) is 89.9 Å². The Labute approximate surface area is 234 Å². The second-order valence-electron chi connectivity index (χ2n) is 9.77. The van der Waals surface area contributed by atoms with E-state index in [1.165, 1.54) is 4.90 Å². The lowest BCUT2D eigenvalue weighted by molar-refractivity contribution is -0.148. The Hall–Kier alpha value is -4.29. The minimum absolute atomic E-state index is 0.253. The highest BCUT2D eigenvalue weighted by Crippen LogP contribution is 2.28. The van der Waals surface area contributed by atoms with Gasteiger partial charge in [-0.05, 0) is 59.9 Å². The first kappa shape index (κ1) is 28.2. The molecule has 1 aliphatic rings. The molecule has 0 bridgehead atoms. The minimum atomic E-state index is -4.34. The zero-order valence-electron chi connectivity index (χ0n) is 22.2. The van der Waals surface area contributed by atoms with Crippen molar-refractivity contribution in [1.82, 2.24) is 29.8 Å². The molecule has 4 heterocycles. The van der Waals surface area contributed by atoms with E-state index in [4.69, 9.17) is 0 Å². The molecule has 0 spiro atoms. The van der Waals surface area contributed by atoms with E-state index in [0.29, 0.717) is 31.1 Å². The van der Waals surface area contributed by atoms with E-state index in [2.05, 4.69) is 25.7 Å². The summed E-state index contributed by atoms with van der Waals surface area (Å²) in [4.78, 5) is 22.4. The van der Waals surface area contributed by atoms with E-state index in [1.807, 2.05) is 54.6 Å². The molecule has 214 valence electrons. The maximum atomic E-state index is 12.5. The molecule has 1 atom stereocenters. The Morgan fingerprint density at radius 3 is 2.66 bits per heavy atom. The lowest BCUT2D eigenvalue weighted by atomic mass is 10.00. The molecule has 0 saturated heterocycles. The third-order valence-electron chi connectivity index (χ3n) is 6.85. The summed E-state index contributed by atoms with van der Waals surface area (Å²) in [5.74, 6) is -0.107. The molecule has 5 rings (SSSR count). The van der Waals surface area contributed by atoms with Crippen LogP contribution in [-0.2, 0) is 11.2 Å². The molecule has 1 unspecified atom stereocenters. The smallest absolute Gasteiger partial charge is 0.374 e. The van der Waals surface area contributed by atoms with E-state index >= 15 is 0 Å². The summed E-state index contributed by atoms with van der Waals surface area (Å²) in [6.07, 6.45) is 1.63. The number of hydrogen-bond acceptors (Lipinski definition) is 7. The van der Waals surface area contributed by atoms with Crippen molar-refractivity contribution in [3.8, 4) is 0 Å². The topological polar surface area (TPSA) is 108 Å². The monoisotopic (exact) mass is 565 g/mol. The number of amides is 1. The van der Waals surface area contributed by atoms with Gasteiger partial charge in [0.1, 0.15) is 6.23 Å². The van der Waals surface area contributed by atoms with Crippen molar-refractivity contribution in [2.24, 2.45) is 0 Å². The van der Waals surface area contributed by atoms with Crippen LogP contribution in [0.1, 0.15) is 42.2 Å². The van der Waals surface area contributed by atoms with Crippen LogP contribution < -0.4 is 10.6 Å². The lowest BCUT2D eigenvalue weighted by Crippen LogP contribution is -2.35. The van der Waals surface area contributed by atoms with Gasteiger partial charge in [0.2, 0.25) is 11.9 Å². The van der Waals surface area contributed by atoms with Crippen LogP contribution in [0.25, 0.3) is 11.2 Å². The van der Waals surface area contributed by atoms with Crippen LogP contribution in [-0.4, -0.2) is 61.3 Å². The first-order valence-corrected chi connectivity index (χ1v) is 13.3. The van der Waals surface area contributed by atoms with Crippen molar-refractivity contribution < 1.29 is 23.1 Å². The standard InChI is InChI=1S/C29H30F3N7O2/c30-29(31,32)13-9-25(40)38-17-11-21(12-18-38)24-4-2-16-39-26(24)36-28(37-39)35-23-7-5-22(6-8-23)27(41)34-15-10-20-3-1-14-33-19-20/h1-8,11,14,16,19,27,34,41H,9-10,12-13,15,17-18H2,(H,35,37). The molecular weight excluding hydrogens is 535 g/mol. The number of carbonyl (C=O) groups excluding carboxylic acids is 1. The quantitative estimate of drug-likeness (QED) is 0.240. The molecule has 4 aromatic rings. The molecule has 0 fully saturated rings. The first-order chi connectivity index (χ1) is 19.7.